The lowest BCUT2D eigenvalue weighted by atomic mass is 9.75. The molecule has 1 saturated carbocycles. The molecule has 4 nitrogen and oxygen atoms in total. The molecule has 0 bridgehead atoms. The molecule has 2 fully saturated rings. The van der Waals surface area contributed by atoms with Gasteiger partial charge in [-0.2, -0.15) is 0 Å². The number of hydrogen-bond donors (Lipinski definition) is 1. The van der Waals surface area contributed by atoms with Crippen molar-refractivity contribution >= 4 is 0 Å². The number of nitrogens with zero attached hydrogens (tertiary/aromatic N) is 2. The molecule has 1 aromatic rings. The second-order valence-corrected chi connectivity index (χ2v) is 7.86. The molecule has 2 aliphatic rings. The fourth-order valence-corrected chi connectivity index (χ4v) is 3.23. The predicted octanol–water partition coefficient (Wildman–Crippen LogP) is 3.18. The molecule has 118 valence electrons. The summed E-state index contributed by atoms with van der Waals surface area (Å²) in [6.07, 6.45) is 5.22. The van der Waals surface area contributed by atoms with E-state index >= 15 is 0 Å². The second kappa shape index (κ2) is 6.09. The van der Waals surface area contributed by atoms with Gasteiger partial charge in [0.15, 0.2) is 5.76 Å². The van der Waals surface area contributed by atoms with Crippen LogP contribution < -0.4 is 5.32 Å². The summed E-state index contributed by atoms with van der Waals surface area (Å²) >= 11 is 0. The van der Waals surface area contributed by atoms with E-state index in [9.17, 15) is 0 Å². The first-order valence-corrected chi connectivity index (χ1v) is 8.41. The summed E-state index contributed by atoms with van der Waals surface area (Å²) in [5.74, 6) is 1.86. The molecule has 0 amide bonds. The number of piperidine rings is 1. The van der Waals surface area contributed by atoms with Gasteiger partial charge in [-0.1, -0.05) is 25.9 Å². The van der Waals surface area contributed by atoms with Crippen molar-refractivity contribution in [1.82, 2.24) is 15.4 Å². The molecule has 21 heavy (non-hydrogen) atoms. The van der Waals surface area contributed by atoms with E-state index in [2.05, 4.69) is 42.2 Å². The highest BCUT2D eigenvalue weighted by Gasteiger charge is 2.29. The summed E-state index contributed by atoms with van der Waals surface area (Å²) in [6, 6.07) is 2.84. The molecule has 4 heteroatoms. The van der Waals surface area contributed by atoms with Crippen molar-refractivity contribution < 1.29 is 4.52 Å². The van der Waals surface area contributed by atoms with Crippen LogP contribution in [0.25, 0.3) is 0 Å². The normalized spacial score (nSPS) is 21.9. The lowest BCUT2D eigenvalue weighted by Gasteiger charge is -2.38. The van der Waals surface area contributed by atoms with E-state index in [1.807, 2.05) is 0 Å². The van der Waals surface area contributed by atoms with E-state index in [4.69, 9.17) is 4.52 Å². The zero-order chi connectivity index (χ0) is 14.9. The highest BCUT2D eigenvalue weighted by molar-refractivity contribution is 5.06. The smallest absolute Gasteiger partial charge is 0.151 e. The van der Waals surface area contributed by atoms with E-state index in [0.29, 0.717) is 5.41 Å². The summed E-state index contributed by atoms with van der Waals surface area (Å²) < 4.78 is 5.48. The van der Waals surface area contributed by atoms with Gasteiger partial charge in [0.05, 0.1) is 12.2 Å². The summed E-state index contributed by atoms with van der Waals surface area (Å²) in [4.78, 5) is 2.50. The van der Waals surface area contributed by atoms with Gasteiger partial charge in [0.25, 0.3) is 0 Å². The van der Waals surface area contributed by atoms with E-state index in [0.717, 1.165) is 36.5 Å². The fraction of sp³-hybridized carbons (Fsp3) is 0.824. The third-order valence-electron chi connectivity index (χ3n) is 4.95. The molecule has 0 radical (unpaired) electrons. The Hall–Kier alpha value is -0.870. The fourth-order valence-electron chi connectivity index (χ4n) is 3.23. The maximum absolute atomic E-state index is 5.48. The maximum atomic E-state index is 5.48. The molecule has 1 N–H and O–H groups in total. The first-order valence-electron chi connectivity index (χ1n) is 8.41. The van der Waals surface area contributed by atoms with Crippen molar-refractivity contribution in [3.8, 4) is 0 Å². The minimum atomic E-state index is 0.444. The molecule has 0 unspecified atom stereocenters. The van der Waals surface area contributed by atoms with Crippen LogP contribution in [0.1, 0.15) is 57.9 Å². The van der Waals surface area contributed by atoms with Crippen molar-refractivity contribution in [2.75, 3.05) is 13.1 Å². The summed E-state index contributed by atoms with van der Waals surface area (Å²) in [6.45, 7) is 11.2. The van der Waals surface area contributed by atoms with Gasteiger partial charge in [-0.3, -0.25) is 4.90 Å². The molecule has 1 saturated heterocycles. The molecule has 1 aliphatic heterocycles. The predicted molar refractivity (Wildman–Crippen MR) is 83.8 cm³/mol. The first kappa shape index (κ1) is 15.0. The Morgan fingerprint density at radius 3 is 2.57 bits per heavy atom. The van der Waals surface area contributed by atoms with Crippen LogP contribution in [0.4, 0.5) is 0 Å². The van der Waals surface area contributed by atoms with E-state index in [1.165, 1.54) is 38.8 Å². The molecule has 0 spiro atoms. The molecular formula is C17H29N3O. The number of nitrogens with one attached hydrogen (secondary N) is 1. The van der Waals surface area contributed by atoms with Crippen molar-refractivity contribution in [1.29, 1.82) is 0 Å². The highest BCUT2D eigenvalue weighted by Crippen LogP contribution is 2.34. The Morgan fingerprint density at radius 1 is 1.24 bits per heavy atom. The number of likely N-dealkylation sites (tertiary alicyclic amines) is 1. The Labute approximate surface area is 128 Å². The highest BCUT2D eigenvalue weighted by atomic mass is 16.5. The Morgan fingerprint density at radius 2 is 1.95 bits per heavy atom. The second-order valence-electron chi connectivity index (χ2n) is 7.86. The van der Waals surface area contributed by atoms with Gasteiger partial charge in [0, 0.05) is 18.7 Å². The van der Waals surface area contributed by atoms with Crippen LogP contribution in [-0.2, 0) is 13.1 Å². The zero-order valence-electron chi connectivity index (χ0n) is 13.7. The van der Waals surface area contributed by atoms with Crippen molar-refractivity contribution in [3.63, 3.8) is 0 Å². The molecular weight excluding hydrogens is 262 g/mol. The molecule has 1 aliphatic carbocycles. The van der Waals surface area contributed by atoms with Gasteiger partial charge in [-0.15, -0.1) is 0 Å². The largest absolute Gasteiger partial charge is 0.360 e. The van der Waals surface area contributed by atoms with Crippen LogP contribution in [0.5, 0.6) is 0 Å². The van der Waals surface area contributed by atoms with E-state index in [1.54, 1.807) is 0 Å². The third kappa shape index (κ3) is 4.30. The third-order valence-corrected chi connectivity index (χ3v) is 4.95. The monoisotopic (exact) mass is 291 g/mol. The average Bonchev–Trinajstić information content (AvgIpc) is 3.16. The topological polar surface area (TPSA) is 41.3 Å². The molecule has 2 heterocycles. The quantitative estimate of drug-likeness (QED) is 0.904. The SMILES string of the molecule is CC(C)(C)C1CCN(Cc2cc(CNC3CC3)no2)CC1. The summed E-state index contributed by atoms with van der Waals surface area (Å²) in [7, 11) is 0. The van der Waals surface area contributed by atoms with Gasteiger partial charge in [0.1, 0.15) is 0 Å². The minimum Gasteiger partial charge on any atom is -0.360 e. The number of hydrogen-bond acceptors (Lipinski definition) is 4. The lowest BCUT2D eigenvalue weighted by molar-refractivity contribution is 0.101. The van der Waals surface area contributed by atoms with E-state index < -0.39 is 0 Å². The average molecular weight is 291 g/mol. The van der Waals surface area contributed by atoms with Crippen LogP contribution >= 0.6 is 0 Å². The van der Waals surface area contributed by atoms with Crippen LogP contribution in [0, 0.1) is 11.3 Å². The van der Waals surface area contributed by atoms with Crippen molar-refractivity contribution in [3.05, 3.63) is 17.5 Å². The molecule has 3 rings (SSSR count). The Balaban J connectivity index is 1.44. The number of aromatic nitrogens is 1. The summed E-state index contributed by atoms with van der Waals surface area (Å²) in [5.41, 5.74) is 1.49. The Kier molecular flexibility index (Phi) is 4.36. The zero-order valence-corrected chi connectivity index (χ0v) is 13.7. The van der Waals surface area contributed by atoms with Crippen LogP contribution in [0.2, 0.25) is 0 Å². The standard InChI is InChI=1S/C17H29N3O/c1-17(2,3)13-6-8-20(9-7-13)12-16-10-15(19-21-16)11-18-14-4-5-14/h10,13-14,18H,4-9,11-12H2,1-3H3. The Bertz CT molecular complexity index is 451. The van der Waals surface area contributed by atoms with Gasteiger partial charge in [-0.05, 0) is 50.1 Å². The van der Waals surface area contributed by atoms with E-state index in [-0.39, 0.29) is 0 Å². The first-order chi connectivity index (χ1) is 10.0. The minimum absolute atomic E-state index is 0.444. The van der Waals surface area contributed by atoms with Crippen LogP contribution in [-0.4, -0.2) is 29.2 Å². The van der Waals surface area contributed by atoms with Gasteiger partial charge in [0.2, 0.25) is 0 Å². The number of rotatable bonds is 5. The summed E-state index contributed by atoms with van der Waals surface area (Å²) in [5, 5.41) is 7.65. The molecule has 0 atom stereocenters. The van der Waals surface area contributed by atoms with Crippen molar-refractivity contribution in [2.45, 2.75) is 65.6 Å². The van der Waals surface area contributed by atoms with Crippen molar-refractivity contribution in [2.24, 2.45) is 11.3 Å². The van der Waals surface area contributed by atoms with Gasteiger partial charge < -0.3 is 9.84 Å². The maximum Gasteiger partial charge on any atom is 0.151 e. The van der Waals surface area contributed by atoms with Crippen LogP contribution in [0.15, 0.2) is 10.6 Å². The molecule has 0 aromatic carbocycles. The lowest BCUT2D eigenvalue weighted by Crippen LogP contribution is -2.37. The van der Waals surface area contributed by atoms with Gasteiger partial charge in [-0.25, -0.2) is 0 Å². The van der Waals surface area contributed by atoms with Gasteiger partial charge >= 0.3 is 0 Å². The van der Waals surface area contributed by atoms with Crippen LogP contribution in [0.3, 0.4) is 0 Å². The molecule has 1 aromatic heterocycles.